The maximum Gasteiger partial charge on any atom is 0.127 e. The Balaban J connectivity index is 2.25. The second-order valence-corrected chi connectivity index (χ2v) is 4.94. The molecule has 0 unspecified atom stereocenters. The van der Waals surface area contributed by atoms with Crippen LogP contribution in [0.15, 0.2) is 36.4 Å². The fourth-order valence-corrected chi connectivity index (χ4v) is 1.91. The van der Waals surface area contributed by atoms with Gasteiger partial charge in [0.05, 0.1) is 5.52 Å². The van der Waals surface area contributed by atoms with Crippen LogP contribution in [0.2, 0.25) is 0 Å². The maximum absolute atomic E-state index is 5.60. The first-order valence-electron chi connectivity index (χ1n) is 5.95. The van der Waals surface area contributed by atoms with E-state index in [1.54, 1.807) is 0 Å². The van der Waals surface area contributed by atoms with Gasteiger partial charge in [-0.25, -0.2) is 4.98 Å². The van der Waals surface area contributed by atoms with Gasteiger partial charge in [0.25, 0.3) is 0 Å². The Hall–Kier alpha value is -1.61. The van der Waals surface area contributed by atoms with Gasteiger partial charge in [-0.15, -0.1) is 0 Å². The number of rotatable bonds is 4. The number of para-hydroxylation sites is 1. The zero-order chi connectivity index (χ0) is 12.3. The molecule has 0 radical (unpaired) electrons. The minimum Gasteiger partial charge on any atom is -0.365 e. The second kappa shape index (κ2) is 4.72. The Morgan fingerprint density at radius 3 is 2.71 bits per heavy atom. The van der Waals surface area contributed by atoms with Crippen LogP contribution in [0.3, 0.4) is 0 Å². The summed E-state index contributed by atoms with van der Waals surface area (Å²) in [7, 11) is 0. The number of hydrogen-bond acceptors (Lipinski definition) is 3. The number of benzene rings is 1. The summed E-state index contributed by atoms with van der Waals surface area (Å²) in [5.41, 5.74) is 6.59. The lowest BCUT2D eigenvalue weighted by atomic mass is 10.0. The van der Waals surface area contributed by atoms with Gasteiger partial charge in [-0.1, -0.05) is 18.2 Å². The summed E-state index contributed by atoms with van der Waals surface area (Å²) < 4.78 is 0. The van der Waals surface area contributed by atoms with Gasteiger partial charge in [-0.05, 0) is 45.0 Å². The molecule has 0 amide bonds. The number of nitrogens with zero attached hydrogens (tertiary/aromatic N) is 1. The third-order valence-electron chi connectivity index (χ3n) is 2.83. The van der Waals surface area contributed by atoms with E-state index in [0.29, 0.717) is 6.54 Å². The zero-order valence-electron chi connectivity index (χ0n) is 10.4. The fourth-order valence-electron chi connectivity index (χ4n) is 1.91. The highest BCUT2D eigenvalue weighted by molar-refractivity contribution is 5.80. The Kier molecular flexibility index (Phi) is 3.29. The molecule has 0 bridgehead atoms. The maximum atomic E-state index is 5.60. The van der Waals surface area contributed by atoms with Crippen molar-refractivity contribution in [3.63, 3.8) is 0 Å². The number of anilines is 1. The van der Waals surface area contributed by atoms with Crippen molar-refractivity contribution in [1.29, 1.82) is 0 Å². The van der Waals surface area contributed by atoms with Crippen LogP contribution < -0.4 is 11.1 Å². The van der Waals surface area contributed by atoms with Crippen LogP contribution >= 0.6 is 0 Å². The molecule has 0 fully saturated rings. The van der Waals surface area contributed by atoms with E-state index in [4.69, 9.17) is 5.73 Å². The van der Waals surface area contributed by atoms with Crippen molar-refractivity contribution in [1.82, 2.24) is 4.98 Å². The molecule has 2 rings (SSSR count). The van der Waals surface area contributed by atoms with Gasteiger partial charge >= 0.3 is 0 Å². The molecule has 0 aliphatic carbocycles. The van der Waals surface area contributed by atoms with E-state index >= 15 is 0 Å². The first-order valence-corrected chi connectivity index (χ1v) is 5.95. The molecule has 0 spiro atoms. The Labute approximate surface area is 102 Å². The molecule has 0 atom stereocenters. The van der Waals surface area contributed by atoms with Crippen LogP contribution in [0.4, 0.5) is 5.82 Å². The molecule has 17 heavy (non-hydrogen) atoms. The summed E-state index contributed by atoms with van der Waals surface area (Å²) in [6, 6.07) is 12.2. The summed E-state index contributed by atoms with van der Waals surface area (Å²) in [5.74, 6) is 0.905. The molecule has 0 saturated carbocycles. The summed E-state index contributed by atoms with van der Waals surface area (Å²) in [6.07, 6.45) is 0.918. The van der Waals surface area contributed by atoms with E-state index < -0.39 is 0 Å². The van der Waals surface area contributed by atoms with Crippen LogP contribution in [0.5, 0.6) is 0 Å². The second-order valence-electron chi connectivity index (χ2n) is 4.94. The molecular formula is C14H19N3. The highest BCUT2D eigenvalue weighted by Gasteiger charge is 2.16. The molecule has 3 heteroatoms. The van der Waals surface area contributed by atoms with Crippen LogP contribution in [-0.4, -0.2) is 17.1 Å². The molecule has 1 heterocycles. The normalized spacial score (nSPS) is 11.7. The van der Waals surface area contributed by atoms with Crippen LogP contribution in [-0.2, 0) is 0 Å². The quantitative estimate of drug-likeness (QED) is 0.847. The SMILES string of the molecule is CC(C)(CCN)Nc1ccc2ccccc2n1. The summed E-state index contributed by atoms with van der Waals surface area (Å²) in [4.78, 5) is 4.59. The molecule has 0 aliphatic rings. The summed E-state index contributed by atoms with van der Waals surface area (Å²) >= 11 is 0. The number of aromatic nitrogens is 1. The molecule has 1 aromatic carbocycles. The molecule has 2 aromatic rings. The first-order chi connectivity index (χ1) is 8.11. The predicted molar refractivity (Wildman–Crippen MR) is 73.1 cm³/mol. The fraction of sp³-hybridized carbons (Fsp3) is 0.357. The van der Waals surface area contributed by atoms with Crippen molar-refractivity contribution >= 4 is 16.7 Å². The Morgan fingerprint density at radius 1 is 1.18 bits per heavy atom. The van der Waals surface area contributed by atoms with E-state index in [0.717, 1.165) is 23.1 Å². The van der Waals surface area contributed by atoms with Gasteiger partial charge in [0, 0.05) is 10.9 Å². The number of nitrogens with one attached hydrogen (secondary N) is 1. The van der Waals surface area contributed by atoms with Gasteiger partial charge in [0.15, 0.2) is 0 Å². The van der Waals surface area contributed by atoms with Gasteiger partial charge in [-0.2, -0.15) is 0 Å². The minimum atomic E-state index is -0.0236. The molecule has 0 aliphatic heterocycles. The van der Waals surface area contributed by atoms with Crippen molar-refractivity contribution in [2.24, 2.45) is 5.73 Å². The first kappa shape index (κ1) is 11.9. The van der Waals surface area contributed by atoms with Crippen LogP contribution in [0.25, 0.3) is 10.9 Å². The van der Waals surface area contributed by atoms with E-state index in [-0.39, 0.29) is 5.54 Å². The minimum absolute atomic E-state index is 0.0236. The lowest BCUT2D eigenvalue weighted by molar-refractivity contribution is 0.525. The number of fused-ring (bicyclic) bond motifs is 1. The van der Waals surface area contributed by atoms with Crippen LogP contribution in [0, 0.1) is 0 Å². The average molecular weight is 229 g/mol. The Morgan fingerprint density at radius 2 is 1.94 bits per heavy atom. The van der Waals surface area contributed by atoms with Crippen molar-refractivity contribution in [2.45, 2.75) is 25.8 Å². The van der Waals surface area contributed by atoms with Crippen molar-refractivity contribution in [2.75, 3.05) is 11.9 Å². The lowest BCUT2D eigenvalue weighted by Gasteiger charge is -2.26. The molecule has 3 nitrogen and oxygen atoms in total. The topological polar surface area (TPSA) is 50.9 Å². The van der Waals surface area contributed by atoms with Crippen LogP contribution in [0.1, 0.15) is 20.3 Å². The van der Waals surface area contributed by atoms with Crippen molar-refractivity contribution in [3.8, 4) is 0 Å². The predicted octanol–water partition coefficient (Wildman–Crippen LogP) is 2.77. The Bertz CT molecular complexity index is 506. The van der Waals surface area contributed by atoms with Gasteiger partial charge in [-0.3, -0.25) is 0 Å². The molecule has 0 saturated heterocycles. The number of pyridine rings is 1. The molecule has 3 N–H and O–H groups in total. The van der Waals surface area contributed by atoms with Crippen molar-refractivity contribution in [3.05, 3.63) is 36.4 Å². The average Bonchev–Trinajstić information content (AvgIpc) is 2.28. The largest absolute Gasteiger partial charge is 0.365 e. The van der Waals surface area contributed by atoms with E-state index in [1.165, 1.54) is 0 Å². The van der Waals surface area contributed by atoms with Gasteiger partial charge in [0.1, 0.15) is 5.82 Å². The summed E-state index contributed by atoms with van der Waals surface area (Å²) in [6.45, 7) is 4.95. The van der Waals surface area contributed by atoms with Gasteiger partial charge < -0.3 is 11.1 Å². The highest BCUT2D eigenvalue weighted by Crippen LogP contribution is 2.19. The smallest absolute Gasteiger partial charge is 0.127 e. The third kappa shape index (κ3) is 2.94. The van der Waals surface area contributed by atoms with E-state index in [1.807, 2.05) is 24.3 Å². The lowest BCUT2D eigenvalue weighted by Crippen LogP contribution is -2.33. The van der Waals surface area contributed by atoms with E-state index in [9.17, 15) is 0 Å². The summed E-state index contributed by atoms with van der Waals surface area (Å²) in [5, 5.41) is 4.58. The molecule has 90 valence electrons. The molecular weight excluding hydrogens is 210 g/mol. The number of nitrogens with two attached hydrogens (primary N) is 1. The van der Waals surface area contributed by atoms with Crippen molar-refractivity contribution < 1.29 is 0 Å². The van der Waals surface area contributed by atoms with E-state index in [2.05, 4.69) is 36.3 Å². The monoisotopic (exact) mass is 229 g/mol. The third-order valence-corrected chi connectivity index (χ3v) is 2.83. The number of hydrogen-bond donors (Lipinski definition) is 2. The zero-order valence-corrected chi connectivity index (χ0v) is 10.4. The standard InChI is InChI=1S/C14H19N3/c1-14(2,9-10-15)17-13-8-7-11-5-3-4-6-12(11)16-13/h3-8H,9-10,15H2,1-2H3,(H,16,17). The molecule has 1 aromatic heterocycles. The van der Waals surface area contributed by atoms with Gasteiger partial charge in [0.2, 0.25) is 0 Å². The highest BCUT2D eigenvalue weighted by atomic mass is 15.0.